The number of amides is 1. The van der Waals surface area contributed by atoms with Crippen LogP contribution < -0.4 is 9.47 Å². The van der Waals surface area contributed by atoms with Crippen LogP contribution in [0.3, 0.4) is 0 Å². The molecule has 0 spiro atoms. The molecule has 0 bridgehead atoms. The van der Waals surface area contributed by atoms with E-state index in [4.69, 9.17) is 14.2 Å². The van der Waals surface area contributed by atoms with E-state index in [1.807, 2.05) is 74.7 Å². The quantitative estimate of drug-likeness (QED) is 0.237. The standard InChI is InChI=1S/C32H36FN3O4/c1-6-22-12-29(38-19-21-10-8-7-9-11-21)27(33)16-26(22)23-13-30(28-17-34-20-36(28)18-23)39-25-14-24(15-25)35(5)31(37)40-32(2,3)4/h7-13,16-18,20,24-25H,6,14-15,19H2,1-5H3/t24-,25-. The molecule has 8 heteroatoms. The van der Waals surface area contributed by atoms with Crippen LogP contribution in [0.5, 0.6) is 11.5 Å². The molecule has 0 aliphatic heterocycles. The Morgan fingerprint density at radius 3 is 2.58 bits per heavy atom. The molecule has 7 nitrogen and oxygen atoms in total. The van der Waals surface area contributed by atoms with Crippen molar-refractivity contribution in [3.8, 4) is 22.6 Å². The van der Waals surface area contributed by atoms with Crippen molar-refractivity contribution >= 4 is 11.6 Å². The second-order valence-corrected chi connectivity index (χ2v) is 11.3. The molecule has 1 fully saturated rings. The molecule has 0 saturated heterocycles. The molecule has 2 aromatic carbocycles. The van der Waals surface area contributed by atoms with Crippen molar-refractivity contribution in [2.24, 2.45) is 0 Å². The largest absolute Gasteiger partial charge is 0.488 e. The molecule has 2 heterocycles. The van der Waals surface area contributed by atoms with E-state index >= 15 is 4.39 Å². The number of halogens is 1. The van der Waals surface area contributed by atoms with E-state index in [0.29, 0.717) is 31.6 Å². The molecule has 210 valence electrons. The molecule has 0 N–H and O–H groups in total. The van der Waals surface area contributed by atoms with Crippen molar-refractivity contribution in [1.82, 2.24) is 14.3 Å². The van der Waals surface area contributed by atoms with E-state index in [9.17, 15) is 4.79 Å². The van der Waals surface area contributed by atoms with Crippen LogP contribution in [-0.2, 0) is 17.8 Å². The fraction of sp³-hybridized carbons (Fsp3) is 0.375. The van der Waals surface area contributed by atoms with Crippen molar-refractivity contribution in [3.63, 3.8) is 0 Å². The molecule has 0 atom stereocenters. The van der Waals surface area contributed by atoms with Gasteiger partial charge >= 0.3 is 6.09 Å². The maximum Gasteiger partial charge on any atom is 0.410 e. The summed E-state index contributed by atoms with van der Waals surface area (Å²) in [5, 5.41) is 0. The van der Waals surface area contributed by atoms with E-state index in [-0.39, 0.29) is 24.0 Å². The molecular formula is C32H36FN3O4. The number of pyridine rings is 1. The lowest BCUT2D eigenvalue weighted by Crippen LogP contribution is -2.51. The van der Waals surface area contributed by atoms with Crippen molar-refractivity contribution in [3.05, 3.63) is 84.2 Å². The molecule has 1 amide bonds. The molecule has 1 aliphatic rings. The van der Waals surface area contributed by atoms with E-state index < -0.39 is 11.4 Å². The predicted octanol–water partition coefficient (Wildman–Crippen LogP) is 7.06. The zero-order chi connectivity index (χ0) is 28.4. The molecule has 40 heavy (non-hydrogen) atoms. The van der Waals surface area contributed by atoms with Crippen LogP contribution in [0.4, 0.5) is 9.18 Å². The van der Waals surface area contributed by atoms with Gasteiger partial charge in [0, 0.05) is 37.7 Å². The highest BCUT2D eigenvalue weighted by atomic mass is 19.1. The van der Waals surface area contributed by atoms with E-state index in [1.54, 1.807) is 30.5 Å². The number of benzene rings is 2. The lowest BCUT2D eigenvalue weighted by atomic mass is 9.88. The summed E-state index contributed by atoms with van der Waals surface area (Å²) in [4.78, 5) is 18.4. The second-order valence-electron chi connectivity index (χ2n) is 11.3. The van der Waals surface area contributed by atoms with Gasteiger partial charge in [-0.1, -0.05) is 37.3 Å². The van der Waals surface area contributed by atoms with Crippen molar-refractivity contribution < 1.29 is 23.4 Å². The predicted molar refractivity (Wildman–Crippen MR) is 152 cm³/mol. The van der Waals surface area contributed by atoms with Crippen LogP contribution in [0.1, 0.15) is 51.7 Å². The number of fused-ring (bicyclic) bond motifs is 1. The highest BCUT2D eigenvalue weighted by Crippen LogP contribution is 2.37. The lowest BCUT2D eigenvalue weighted by molar-refractivity contribution is -0.00849. The number of nitrogens with zero attached hydrogens (tertiary/aromatic N) is 3. The number of aryl methyl sites for hydroxylation is 1. The van der Waals surface area contributed by atoms with Gasteiger partial charge in [0.25, 0.3) is 0 Å². The smallest absolute Gasteiger partial charge is 0.410 e. The first kappa shape index (κ1) is 27.5. The Hall–Kier alpha value is -4.07. The average molecular weight is 546 g/mol. The Labute approximate surface area is 234 Å². The maximum absolute atomic E-state index is 15.3. The molecular weight excluding hydrogens is 509 g/mol. The molecule has 0 unspecified atom stereocenters. The van der Waals surface area contributed by atoms with Crippen molar-refractivity contribution in [1.29, 1.82) is 0 Å². The van der Waals surface area contributed by atoms with E-state index in [2.05, 4.69) is 4.98 Å². The first-order valence-electron chi connectivity index (χ1n) is 13.7. The number of rotatable bonds is 8. The molecule has 1 aliphatic carbocycles. The van der Waals surface area contributed by atoms with Crippen LogP contribution in [0.2, 0.25) is 0 Å². The summed E-state index contributed by atoms with van der Waals surface area (Å²) < 4.78 is 34.9. The number of hydrogen-bond donors (Lipinski definition) is 0. The van der Waals surface area contributed by atoms with Gasteiger partial charge < -0.3 is 23.5 Å². The Kier molecular flexibility index (Phi) is 7.70. The van der Waals surface area contributed by atoms with Gasteiger partial charge in [-0.3, -0.25) is 0 Å². The van der Waals surface area contributed by atoms with E-state index in [0.717, 1.165) is 27.8 Å². The fourth-order valence-electron chi connectivity index (χ4n) is 4.86. The zero-order valence-electron chi connectivity index (χ0n) is 23.7. The van der Waals surface area contributed by atoms with Gasteiger partial charge in [-0.15, -0.1) is 0 Å². The maximum atomic E-state index is 15.3. The molecule has 5 rings (SSSR count). The molecule has 1 saturated carbocycles. The van der Waals surface area contributed by atoms with Gasteiger partial charge in [-0.25, -0.2) is 14.2 Å². The summed E-state index contributed by atoms with van der Waals surface area (Å²) >= 11 is 0. The van der Waals surface area contributed by atoms with Crippen LogP contribution in [0.25, 0.3) is 16.6 Å². The fourth-order valence-corrected chi connectivity index (χ4v) is 4.86. The summed E-state index contributed by atoms with van der Waals surface area (Å²) in [5.41, 5.74) is 3.84. The third-order valence-corrected chi connectivity index (χ3v) is 7.16. The minimum absolute atomic E-state index is 0.0492. The molecule has 4 aromatic rings. The Morgan fingerprint density at radius 1 is 1.12 bits per heavy atom. The summed E-state index contributed by atoms with van der Waals surface area (Å²) in [5.74, 6) is 0.493. The average Bonchev–Trinajstić information content (AvgIpc) is 3.38. The highest BCUT2D eigenvalue weighted by molar-refractivity contribution is 5.74. The third-order valence-electron chi connectivity index (χ3n) is 7.16. The van der Waals surface area contributed by atoms with Gasteiger partial charge in [0.15, 0.2) is 11.6 Å². The van der Waals surface area contributed by atoms with Gasteiger partial charge in [-0.05, 0) is 62.1 Å². The normalized spacial score (nSPS) is 16.9. The third kappa shape index (κ3) is 6.06. The summed E-state index contributed by atoms with van der Waals surface area (Å²) in [6, 6.07) is 15.0. The van der Waals surface area contributed by atoms with Gasteiger partial charge in [-0.2, -0.15) is 0 Å². The first-order chi connectivity index (χ1) is 19.1. The van der Waals surface area contributed by atoms with Crippen molar-refractivity contribution in [2.45, 2.75) is 71.3 Å². The molecule has 0 radical (unpaired) electrons. The van der Waals surface area contributed by atoms with E-state index in [1.165, 1.54) is 6.07 Å². The minimum atomic E-state index is -0.540. The Morgan fingerprint density at radius 2 is 1.88 bits per heavy atom. The summed E-state index contributed by atoms with van der Waals surface area (Å²) in [6.07, 6.45) is 7.12. The minimum Gasteiger partial charge on any atom is -0.488 e. The topological polar surface area (TPSA) is 65.3 Å². The number of carbonyl (C=O) groups is 1. The van der Waals surface area contributed by atoms with Gasteiger partial charge in [0.1, 0.15) is 29.6 Å². The first-order valence-corrected chi connectivity index (χ1v) is 13.7. The Balaban J connectivity index is 1.34. The van der Waals surface area contributed by atoms with Gasteiger partial charge in [0.05, 0.1) is 12.5 Å². The number of ether oxygens (including phenoxy) is 3. The number of aromatic nitrogens is 2. The lowest BCUT2D eigenvalue weighted by Gasteiger charge is -2.41. The van der Waals surface area contributed by atoms with Crippen LogP contribution in [0, 0.1) is 5.82 Å². The van der Waals surface area contributed by atoms with Gasteiger partial charge in [0.2, 0.25) is 0 Å². The Bertz CT molecular complexity index is 1490. The van der Waals surface area contributed by atoms with Crippen LogP contribution in [-0.4, -0.2) is 45.2 Å². The molecule has 2 aromatic heterocycles. The SMILES string of the molecule is CCc1cc(OCc2ccccc2)c(F)cc1-c1cc(O[C@H]2C[C@H](N(C)C(=O)OC(C)(C)C)C2)c2cncn2c1. The number of imidazole rings is 1. The number of carbonyl (C=O) groups excluding carboxylic acids is 1. The highest BCUT2D eigenvalue weighted by Gasteiger charge is 2.37. The summed E-state index contributed by atoms with van der Waals surface area (Å²) in [6.45, 7) is 7.91. The summed E-state index contributed by atoms with van der Waals surface area (Å²) in [7, 11) is 1.76. The number of hydrogen-bond acceptors (Lipinski definition) is 5. The van der Waals surface area contributed by atoms with Crippen molar-refractivity contribution in [2.75, 3.05) is 7.05 Å². The second kappa shape index (κ2) is 11.2. The zero-order valence-corrected chi connectivity index (χ0v) is 23.7. The monoisotopic (exact) mass is 545 g/mol. The van der Waals surface area contributed by atoms with Crippen LogP contribution >= 0.6 is 0 Å². The van der Waals surface area contributed by atoms with Crippen LogP contribution in [0.15, 0.2) is 67.3 Å².